The third kappa shape index (κ3) is 2.25. The number of anilines is 1. The fourth-order valence-electron chi connectivity index (χ4n) is 3.42. The van der Waals surface area contributed by atoms with Crippen LogP contribution in [0.3, 0.4) is 0 Å². The second kappa shape index (κ2) is 4.85. The fraction of sp³-hybridized carbons (Fsp3) is 0.615. The van der Waals surface area contributed by atoms with Crippen LogP contribution in [-0.2, 0) is 15.3 Å². The molecule has 1 spiro atoms. The van der Waals surface area contributed by atoms with E-state index >= 15 is 0 Å². The van der Waals surface area contributed by atoms with Crippen LogP contribution < -0.4 is 5.32 Å². The molecule has 1 aliphatic carbocycles. The molecule has 1 aromatic rings. The van der Waals surface area contributed by atoms with Crippen molar-refractivity contribution in [1.29, 1.82) is 0 Å². The molecule has 2 heterocycles. The van der Waals surface area contributed by atoms with E-state index in [0.29, 0.717) is 17.9 Å². The zero-order valence-electron chi connectivity index (χ0n) is 11.1. The molecular formula is C13H16BrClN2O2S. The van der Waals surface area contributed by atoms with Gasteiger partial charge in [-0.05, 0) is 41.6 Å². The maximum atomic E-state index is 11.7. The van der Waals surface area contributed by atoms with E-state index in [0.717, 1.165) is 35.2 Å². The molecule has 0 amide bonds. The van der Waals surface area contributed by atoms with Gasteiger partial charge in [-0.2, -0.15) is 0 Å². The number of fused-ring (bicyclic) bond motifs is 2. The molecule has 1 N–H and O–H groups in total. The van der Waals surface area contributed by atoms with Gasteiger partial charge in [-0.15, -0.1) is 0 Å². The first-order valence-electron chi connectivity index (χ1n) is 6.61. The predicted octanol–water partition coefficient (Wildman–Crippen LogP) is 3.15. The molecule has 1 saturated carbocycles. The van der Waals surface area contributed by atoms with E-state index in [9.17, 15) is 8.42 Å². The van der Waals surface area contributed by atoms with Gasteiger partial charge >= 0.3 is 0 Å². The van der Waals surface area contributed by atoms with Crippen molar-refractivity contribution in [3.63, 3.8) is 0 Å². The topological polar surface area (TPSA) is 59.1 Å². The van der Waals surface area contributed by atoms with E-state index in [1.54, 1.807) is 6.20 Å². The number of halogens is 2. The molecule has 1 fully saturated rings. The molecule has 110 valence electrons. The summed E-state index contributed by atoms with van der Waals surface area (Å²) in [6.45, 7) is 0.794. The first kappa shape index (κ1) is 14.6. The highest BCUT2D eigenvalue weighted by Crippen LogP contribution is 2.50. The van der Waals surface area contributed by atoms with Crippen LogP contribution in [0.25, 0.3) is 0 Å². The van der Waals surface area contributed by atoms with Gasteiger partial charge in [0.05, 0.1) is 14.7 Å². The summed E-state index contributed by atoms with van der Waals surface area (Å²) in [5.41, 5.74) is 0.991. The minimum Gasteiger partial charge on any atom is -0.369 e. The van der Waals surface area contributed by atoms with E-state index < -0.39 is 9.84 Å². The lowest BCUT2D eigenvalue weighted by Crippen LogP contribution is -2.38. The van der Waals surface area contributed by atoms with Crippen LogP contribution in [0.2, 0.25) is 5.02 Å². The van der Waals surface area contributed by atoms with Gasteiger partial charge in [0.25, 0.3) is 0 Å². The Bertz CT molecular complexity index is 655. The summed E-state index contributed by atoms with van der Waals surface area (Å²) >= 11 is 9.87. The standard InChI is InChI=1S/C13H16BrClN2O2S/c1-20(18,19)8-2-4-13(5-3-8)7-17-12-10(13)11(15)9(14)6-16-12/h6,8H,2-5,7H2,1H3,(H,16,17)/t8-,13+. The van der Waals surface area contributed by atoms with Crippen LogP contribution in [0, 0.1) is 0 Å². The summed E-state index contributed by atoms with van der Waals surface area (Å²) in [7, 11) is -2.95. The van der Waals surface area contributed by atoms with E-state index in [1.807, 2.05) is 0 Å². The molecule has 0 bridgehead atoms. The third-order valence-electron chi connectivity index (χ3n) is 4.59. The zero-order valence-corrected chi connectivity index (χ0v) is 14.3. The second-order valence-corrected chi connectivity index (χ2v) is 9.36. The lowest BCUT2D eigenvalue weighted by molar-refractivity contribution is 0.320. The van der Waals surface area contributed by atoms with Crippen molar-refractivity contribution < 1.29 is 8.42 Å². The van der Waals surface area contributed by atoms with Crippen LogP contribution >= 0.6 is 27.5 Å². The van der Waals surface area contributed by atoms with Crippen molar-refractivity contribution in [2.24, 2.45) is 0 Å². The van der Waals surface area contributed by atoms with Gasteiger partial charge in [0, 0.05) is 30.0 Å². The Labute approximate surface area is 132 Å². The van der Waals surface area contributed by atoms with Gasteiger partial charge in [-0.1, -0.05) is 11.6 Å². The molecule has 0 atom stereocenters. The van der Waals surface area contributed by atoms with E-state index in [4.69, 9.17) is 11.6 Å². The lowest BCUT2D eigenvalue weighted by Gasteiger charge is -2.36. The number of nitrogens with one attached hydrogen (secondary N) is 1. The molecule has 4 nitrogen and oxygen atoms in total. The van der Waals surface area contributed by atoms with Crippen molar-refractivity contribution in [2.45, 2.75) is 36.3 Å². The molecule has 0 saturated heterocycles. The minimum absolute atomic E-state index is 0.0651. The van der Waals surface area contributed by atoms with Crippen LogP contribution in [-0.4, -0.2) is 31.5 Å². The van der Waals surface area contributed by atoms with E-state index in [1.165, 1.54) is 6.26 Å². The highest BCUT2D eigenvalue weighted by molar-refractivity contribution is 9.10. The Balaban J connectivity index is 1.94. The molecule has 1 aliphatic heterocycles. The van der Waals surface area contributed by atoms with Crippen molar-refractivity contribution in [3.05, 3.63) is 21.3 Å². The number of hydrogen-bond acceptors (Lipinski definition) is 4. The maximum Gasteiger partial charge on any atom is 0.150 e. The van der Waals surface area contributed by atoms with Gasteiger partial charge in [0.15, 0.2) is 0 Å². The van der Waals surface area contributed by atoms with Gasteiger partial charge in [0.1, 0.15) is 15.7 Å². The minimum atomic E-state index is -2.95. The summed E-state index contributed by atoms with van der Waals surface area (Å²) in [5.74, 6) is 0.844. The zero-order chi connectivity index (χ0) is 14.5. The van der Waals surface area contributed by atoms with Crippen molar-refractivity contribution >= 4 is 43.2 Å². The molecule has 2 aliphatic rings. The number of aromatic nitrogens is 1. The van der Waals surface area contributed by atoms with Crippen molar-refractivity contribution in [2.75, 3.05) is 18.1 Å². The largest absolute Gasteiger partial charge is 0.369 e. The maximum absolute atomic E-state index is 11.7. The Morgan fingerprint density at radius 3 is 2.70 bits per heavy atom. The molecule has 20 heavy (non-hydrogen) atoms. The Kier molecular flexibility index (Phi) is 3.54. The van der Waals surface area contributed by atoms with Crippen LogP contribution in [0.4, 0.5) is 5.82 Å². The molecule has 0 radical (unpaired) electrons. The average Bonchev–Trinajstić information content (AvgIpc) is 2.73. The number of nitrogens with zero attached hydrogens (tertiary/aromatic N) is 1. The Hall–Kier alpha value is -0.330. The molecule has 0 aromatic carbocycles. The van der Waals surface area contributed by atoms with Gasteiger partial charge in [-0.3, -0.25) is 0 Å². The summed E-state index contributed by atoms with van der Waals surface area (Å²) in [6, 6.07) is 0. The third-order valence-corrected chi connectivity index (χ3v) is 7.50. The Morgan fingerprint density at radius 2 is 2.10 bits per heavy atom. The first-order chi connectivity index (χ1) is 9.33. The summed E-state index contributed by atoms with van der Waals surface area (Å²) in [6.07, 6.45) is 6.10. The van der Waals surface area contributed by atoms with Gasteiger partial charge in [0.2, 0.25) is 0 Å². The number of sulfone groups is 1. The molecule has 0 unspecified atom stereocenters. The second-order valence-electron chi connectivity index (χ2n) is 5.81. The molecule has 1 aromatic heterocycles. The SMILES string of the molecule is CS(=O)(=O)[C@H]1CC[C@@]2(CC1)CNc1ncc(Br)c(Cl)c12. The number of pyridine rings is 1. The first-order valence-corrected chi connectivity index (χ1v) is 9.73. The number of hydrogen-bond donors (Lipinski definition) is 1. The van der Waals surface area contributed by atoms with E-state index in [-0.39, 0.29) is 10.7 Å². The average molecular weight is 380 g/mol. The Morgan fingerprint density at radius 1 is 1.45 bits per heavy atom. The molecular weight excluding hydrogens is 364 g/mol. The predicted molar refractivity (Wildman–Crippen MR) is 84.2 cm³/mol. The summed E-state index contributed by atoms with van der Waals surface area (Å²) < 4.78 is 24.2. The number of rotatable bonds is 1. The highest BCUT2D eigenvalue weighted by atomic mass is 79.9. The van der Waals surface area contributed by atoms with Crippen LogP contribution in [0.15, 0.2) is 10.7 Å². The normalized spacial score (nSPS) is 29.2. The molecule has 7 heteroatoms. The van der Waals surface area contributed by atoms with Crippen LogP contribution in [0.5, 0.6) is 0 Å². The summed E-state index contributed by atoms with van der Waals surface area (Å²) in [4.78, 5) is 4.38. The van der Waals surface area contributed by atoms with Crippen molar-refractivity contribution in [1.82, 2.24) is 4.98 Å². The van der Waals surface area contributed by atoms with Crippen LogP contribution in [0.1, 0.15) is 31.2 Å². The quantitative estimate of drug-likeness (QED) is 0.814. The fourth-order valence-corrected chi connectivity index (χ4v) is 5.16. The summed E-state index contributed by atoms with van der Waals surface area (Å²) in [5, 5.41) is 3.81. The lowest BCUT2D eigenvalue weighted by atomic mass is 9.71. The molecule has 3 rings (SSSR count). The van der Waals surface area contributed by atoms with E-state index in [2.05, 4.69) is 26.2 Å². The van der Waals surface area contributed by atoms with Gasteiger partial charge < -0.3 is 5.32 Å². The monoisotopic (exact) mass is 378 g/mol. The van der Waals surface area contributed by atoms with Crippen molar-refractivity contribution in [3.8, 4) is 0 Å². The smallest absolute Gasteiger partial charge is 0.150 e. The highest BCUT2D eigenvalue weighted by Gasteiger charge is 2.45. The van der Waals surface area contributed by atoms with Gasteiger partial charge in [-0.25, -0.2) is 13.4 Å².